The largest absolute Gasteiger partial charge is 0.454 e. The number of hydrogen-bond acceptors (Lipinski definition) is 3. The fourth-order valence-electron chi connectivity index (χ4n) is 1.56. The summed E-state index contributed by atoms with van der Waals surface area (Å²) in [7, 11) is 1.72. The van der Waals surface area contributed by atoms with E-state index in [1.54, 1.807) is 19.2 Å². The third-order valence-electron chi connectivity index (χ3n) is 2.81. The highest BCUT2D eigenvalue weighted by molar-refractivity contribution is 5.89. The average Bonchev–Trinajstić information content (AvgIpc) is 3.05. The van der Waals surface area contributed by atoms with Crippen LogP contribution in [-0.2, 0) is 6.54 Å². The molecule has 2 rings (SSSR count). The normalized spacial score (nSPS) is 15.5. The van der Waals surface area contributed by atoms with Crippen LogP contribution in [0.5, 0.6) is 0 Å². The zero-order valence-electron chi connectivity index (χ0n) is 10.4. The molecule has 18 heavy (non-hydrogen) atoms. The summed E-state index contributed by atoms with van der Waals surface area (Å²) in [5, 5.41) is 6.35. The molecular formula is C12H18N4O2. The highest BCUT2D eigenvalue weighted by Gasteiger charge is 2.21. The van der Waals surface area contributed by atoms with Crippen LogP contribution >= 0.6 is 0 Å². The van der Waals surface area contributed by atoms with Gasteiger partial charge in [0.15, 0.2) is 11.7 Å². The first-order valence-electron chi connectivity index (χ1n) is 6.02. The summed E-state index contributed by atoms with van der Waals surface area (Å²) >= 11 is 0. The quantitative estimate of drug-likeness (QED) is 0.522. The van der Waals surface area contributed by atoms with Crippen molar-refractivity contribution in [3.8, 4) is 0 Å². The van der Waals surface area contributed by atoms with Crippen molar-refractivity contribution in [1.29, 1.82) is 0 Å². The van der Waals surface area contributed by atoms with Gasteiger partial charge in [-0.15, -0.1) is 0 Å². The van der Waals surface area contributed by atoms with Gasteiger partial charge in [0, 0.05) is 13.6 Å². The zero-order chi connectivity index (χ0) is 13.0. The van der Waals surface area contributed by atoms with E-state index in [0.717, 1.165) is 18.4 Å². The molecule has 6 heteroatoms. The first kappa shape index (κ1) is 12.5. The van der Waals surface area contributed by atoms with Gasteiger partial charge in [-0.05, 0) is 30.9 Å². The van der Waals surface area contributed by atoms with Crippen molar-refractivity contribution in [2.75, 3.05) is 13.6 Å². The van der Waals surface area contributed by atoms with Gasteiger partial charge in [0.25, 0.3) is 5.91 Å². The Morgan fingerprint density at radius 2 is 2.28 bits per heavy atom. The van der Waals surface area contributed by atoms with E-state index in [4.69, 9.17) is 10.2 Å². The van der Waals surface area contributed by atoms with Crippen LogP contribution in [0, 0.1) is 5.92 Å². The van der Waals surface area contributed by atoms with Gasteiger partial charge in [-0.25, -0.2) is 0 Å². The molecule has 1 aliphatic rings. The lowest BCUT2D eigenvalue weighted by Gasteiger charge is -2.10. The number of nitrogens with two attached hydrogens (primary N) is 1. The summed E-state index contributed by atoms with van der Waals surface area (Å²) in [5.74, 6) is 1.79. The second kappa shape index (κ2) is 5.57. The fourth-order valence-corrected chi connectivity index (χ4v) is 1.56. The van der Waals surface area contributed by atoms with Gasteiger partial charge >= 0.3 is 0 Å². The van der Waals surface area contributed by atoms with Gasteiger partial charge in [0.2, 0.25) is 0 Å². The highest BCUT2D eigenvalue weighted by atomic mass is 16.3. The second-order valence-corrected chi connectivity index (χ2v) is 4.38. The molecule has 1 saturated carbocycles. The van der Waals surface area contributed by atoms with E-state index in [9.17, 15) is 4.79 Å². The number of nitrogens with zero attached hydrogens (tertiary/aromatic N) is 1. The first-order chi connectivity index (χ1) is 8.69. The number of aliphatic imine (C=N–C) groups is 1. The number of rotatable bonds is 5. The number of carbonyl (C=O) groups is 1. The van der Waals surface area contributed by atoms with Gasteiger partial charge in [-0.3, -0.25) is 9.79 Å². The molecule has 0 aliphatic heterocycles. The Hall–Kier alpha value is -1.98. The average molecular weight is 250 g/mol. The summed E-state index contributed by atoms with van der Waals surface area (Å²) in [6, 6.07) is 3.29. The van der Waals surface area contributed by atoms with Crippen LogP contribution < -0.4 is 16.4 Å². The lowest BCUT2D eigenvalue weighted by atomic mass is 10.4. The molecule has 1 aromatic rings. The number of furan rings is 1. The van der Waals surface area contributed by atoms with Crippen LogP contribution in [0.15, 0.2) is 21.5 Å². The predicted octanol–water partition coefficient (Wildman–Crippen LogP) is 0.453. The lowest BCUT2D eigenvalue weighted by molar-refractivity contribution is 0.0972. The Bertz CT molecular complexity index is 449. The van der Waals surface area contributed by atoms with Crippen molar-refractivity contribution < 1.29 is 9.21 Å². The third-order valence-corrected chi connectivity index (χ3v) is 2.81. The Morgan fingerprint density at radius 1 is 1.50 bits per heavy atom. The van der Waals surface area contributed by atoms with Crippen LogP contribution in [0.3, 0.4) is 0 Å². The van der Waals surface area contributed by atoms with E-state index < -0.39 is 5.91 Å². The Balaban J connectivity index is 1.78. The van der Waals surface area contributed by atoms with Crippen molar-refractivity contribution in [2.45, 2.75) is 19.4 Å². The van der Waals surface area contributed by atoms with Gasteiger partial charge in [0.1, 0.15) is 5.76 Å². The smallest absolute Gasteiger partial charge is 0.284 e. The molecule has 4 N–H and O–H groups in total. The standard InChI is InChI=1S/C12H18N4O2/c1-14-12(15-6-8-2-3-8)16-7-9-4-5-10(18-9)11(13)17/h4-5,8H,2-3,6-7H2,1H3,(H2,13,17)(H2,14,15,16). The molecule has 0 unspecified atom stereocenters. The van der Waals surface area contributed by atoms with Crippen LogP contribution in [0.25, 0.3) is 0 Å². The molecule has 98 valence electrons. The Labute approximate surface area is 106 Å². The molecule has 1 amide bonds. The van der Waals surface area contributed by atoms with Crippen molar-refractivity contribution in [1.82, 2.24) is 10.6 Å². The molecule has 0 aromatic carbocycles. The van der Waals surface area contributed by atoms with Crippen LogP contribution in [-0.4, -0.2) is 25.5 Å². The summed E-state index contributed by atoms with van der Waals surface area (Å²) in [6.45, 7) is 1.42. The Kier molecular flexibility index (Phi) is 3.86. The van der Waals surface area contributed by atoms with E-state index in [1.165, 1.54) is 12.8 Å². The van der Waals surface area contributed by atoms with Gasteiger partial charge < -0.3 is 20.8 Å². The lowest BCUT2D eigenvalue weighted by Crippen LogP contribution is -2.37. The summed E-state index contributed by atoms with van der Waals surface area (Å²) in [6.07, 6.45) is 2.59. The van der Waals surface area contributed by atoms with Crippen molar-refractivity contribution in [3.63, 3.8) is 0 Å². The number of carbonyl (C=O) groups excluding carboxylic acids is 1. The van der Waals surface area contributed by atoms with Gasteiger partial charge in [-0.1, -0.05) is 0 Å². The molecule has 0 spiro atoms. The minimum atomic E-state index is -0.558. The van der Waals surface area contributed by atoms with E-state index in [-0.39, 0.29) is 5.76 Å². The van der Waals surface area contributed by atoms with Gasteiger partial charge in [0.05, 0.1) is 6.54 Å². The topological polar surface area (TPSA) is 92.6 Å². The minimum Gasteiger partial charge on any atom is -0.454 e. The molecule has 1 heterocycles. The molecular weight excluding hydrogens is 232 g/mol. The second-order valence-electron chi connectivity index (χ2n) is 4.38. The number of amides is 1. The molecule has 1 fully saturated rings. The first-order valence-corrected chi connectivity index (χ1v) is 6.02. The number of guanidine groups is 1. The third kappa shape index (κ3) is 3.51. The molecule has 0 bridgehead atoms. The summed E-state index contributed by atoms with van der Waals surface area (Å²) in [4.78, 5) is 15.0. The van der Waals surface area contributed by atoms with Crippen LogP contribution in [0.1, 0.15) is 29.2 Å². The molecule has 0 saturated heterocycles. The number of nitrogens with one attached hydrogen (secondary N) is 2. The van der Waals surface area contributed by atoms with Crippen molar-refractivity contribution >= 4 is 11.9 Å². The van der Waals surface area contributed by atoms with E-state index in [1.807, 2.05) is 0 Å². The molecule has 0 radical (unpaired) electrons. The summed E-state index contributed by atoms with van der Waals surface area (Å²) < 4.78 is 5.26. The predicted molar refractivity (Wildman–Crippen MR) is 68.2 cm³/mol. The number of primary amides is 1. The molecule has 1 aliphatic carbocycles. The van der Waals surface area contributed by atoms with E-state index in [2.05, 4.69) is 15.6 Å². The van der Waals surface area contributed by atoms with E-state index in [0.29, 0.717) is 12.3 Å². The minimum absolute atomic E-state index is 0.174. The molecule has 6 nitrogen and oxygen atoms in total. The van der Waals surface area contributed by atoms with Crippen molar-refractivity contribution in [3.05, 3.63) is 23.7 Å². The maximum atomic E-state index is 10.9. The molecule has 0 atom stereocenters. The van der Waals surface area contributed by atoms with Crippen LogP contribution in [0.4, 0.5) is 0 Å². The zero-order valence-corrected chi connectivity index (χ0v) is 10.4. The monoisotopic (exact) mass is 250 g/mol. The van der Waals surface area contributed by atoms with Crippen molar-refractivity contribution in [2.24, 2.45) is 16.6 Å². The SMILES string of the molecule is CN=C(NCc1ccc(C(N)=O)o1)NCC1CC1. The summed E-state index contributed by atoms with van der Waals surface area (Å²) in [5.41, 5.74) is 5.11. The fraction of sp³-hybridized carbons (Fsp3) is 0.500. The Morgan fingerprint density at radius 3 is 2.83 bits per heavy atom. The maximum Gasteiger partial charge on any atom is 0.284 e. The maximum absolute atomic E-state index is 10.9. The van der Waals surface area contributed by atoms with Crippen LogP contribution in [0.2, 0.25) is 0 Å². The van der Waals surface area contributed by atoms with Gasteiger partial charge in [-0.2, -0.15) is 0 Å². The molecule has 1 aromatic heterocycles. The number of hydrogen-bond donors (Lipinski definition) is 3. The van der Waals surface area contributed by atoms with E-state index >= 15 is 0 Å². The highest BCUT2D eigenvalue weighted by Crippen LogP contribution is 2.27.